The van der Waals surface area contributed by atoms with Crippen LogP contribution in [0.3, 0.4) is 0 Å². The lowest BCUT2D eigenvalue weighted by Gasteiger charge is -2.22. The average molecular weight is 270 g/mol. The highest BCUT2D eigenvalue weighted by molar-refractivity contribution is 5.51. The Morgan fingerprint density at radius 2 is 2.05 bits per heavy atom. The molecule has 1 N–H and O–H groups in total. The van der Waals surface area contributed by atoms with Gasteiger partial charge in [0.05, 0.1) is 12.2 Å². The summed E-state index contributed by atoms with van der Waals surface area (Å²) < 4.78 is 0. The molecule has 0 spiro atoms. The van der Waals surface area contributed by atoms with Crippen molar-refractivity contribution in [2.45, 2.75) is 33.0 Å². The first-order valence-corrected chi connectivity index (χ1v) is 6.94. The van der Waals surface area contributed by atoms with E-state index in [1.165, 1.54) is 11.3 Å². The number of rotatable bonds is 6. The summed E-state index contributed by atoms with van der Waals surface area (Å²) in [5.41, 5.74) is 3.47. The van der Waals surface area contributed by atoms with Gasteiger partial charge in [-0.25, -0.2) is 0 Å². The Bertz CT molecular complexity index is 525. The van der Waals surface area contributed by atoms with Crippen LogP contribution in [0.2, 0.25) is 0 Å². The fourth-order valence-corrected chi connectivity index (χ4v) is 2.06. The molecule has 0 bridgehead atoms. The Hall–Kier alpha value is -1.94. The monoisotopic (exact) mass is 270 g/mol. The average Bonchev–Trinajstić information content (AvgIpc) is 2.46. The van der Waals surface area contributed by atoms with Gasteiger partial charge < -0.3 is 10.2 Å². The minimum Gasteiger partial charge on any atom is -0.368 e. The SMILES string of the molecule is CC(C)NCc1cnccc1N(C)Cc1ccccn1. The summed E-state index contributed by atoms with van der Waals surface area (Å²) in [5.74, 6) is 0. The van der Waals surface area contributed by atoms with Crippen LogP contribution in [0, 0.1) is 0 Å². The molecule has 2 aromatic heterocycles. The van der Waals surface area contributed by atoms with Crippen LogP contribution < -0.4 is 10.2 Å². The van der Waals surface area contributed by atoms with E-state index in [9.17, 15) is 0 Å². The van der Waals surface area contributed by atoms with Crippen LogP contribution in [0.5, 0.6) is 0 Å². The van der Waals surface area contributed by atoms with E-state index in [-0.39, 0.29) is 0 Å². The Morgan fingerprint density at radius 1 is 1.20 bits per heavy atom. The van der Waals surface area contributed by atoms with Crippen molar-refractivity contribution in [2.24, 2.45) is 0 Å². The maximum absolute atomic E-state index is 4.38. The maximum Gasteiger partial charge on any atom is 0.0598 e. The van der Waals surface area contributed by atoms with Gasteiger partial charge in [0.2, 0.25) is 0 Å². The number of pyridine rings is 2. The van der Waals surface area contributed by atoms with Gasteiger partial charge in [-0.2, -0.15) is 0 Å². The molecule has 0 amide bonds. The zero-order valence-electron chi connectivity index (χ0n) is 12.4. The number of hydrogen-bond donors (Lipinski definition) is 1. The van der Waals surface area contributed by atoms with Crippen LogP contribution >= 0.6 is 0 Å². The maximum atomic E-state index is 4.38. The van der Waals surface area contributed by atoms with Crippen molar-refractivity contribution >= 4 is 5.69 Å². The molecule has 0 fully saturated rings. The van der Waals surface area contributed by atoms with Crippen molar-refractivity contribution in [1.82, 2.24) is 15.3 Å². The molecule has 106 valence electrons. The van der Waals surface area contributed by atoms with Gasteiger partial charge in [0.1, 0.15) is 0 Å². The normalized spacial score (nSPS) is 10.8. The molecule has 2 heterocycles. The first-order chi connectivity index (χ1) is 9.66. The molecule has 0 unspecified atom stereocenters. The number of nitrogens with zero attached hydrogens (tertiary/aromatic N) is 3. The van der Waals surface area contributed by atoms with E-state index >= 15 is 0 Å². The summed E-state index contributed by atoms with van der Waals surface area (Å²) in [6.07, 6.45) is 5.60. The van der Waals surface area contributed by atoms with Gasteiger partial charge in [-0.3, -0.25) is 9.97 Å². The third-order valence-electron chi connectivity index (χ3n) is 3.12. The highest BCUT2D eigenvalue weighted by atomic mass is 15.1. The Balaban J connectivity index is 2.11. The molecule has 0 aromatic carbocycles. The Kier molecular flexibility index (Phi) is 5.07. The van der Waals surface area contributed by atoms with Crippen LogP contribution in [0.1, 0.15) is 25.1 Å². The zero-order chi connectivity index (χ0) is 14.4. The zero-order valence-corrected chi connectivity index (χ0v) is 12.4. The number of anilines is 1. The van der Waals surface area contributed by atoms with Gasteiger partial charge in [-0.05, 0) is 18.2 Å². The first kappa shape index (κ1) is 14.5. The Labute approximate surface area is 120 Å². The smallest absolute Gasteiger partial charge is 0.0598 e. The van der Waals surface area contributed by atoms with E-state index in [2.05, 4.69) is 47.1 Å². The molecule has 0 aliphatic rings. The summed E-state index contributed by atoms with van der Waals surface area (Å²) in [6.45, 7) is 5.91. The van der Waals surface area contributed by atoms with Gasteiger partial charge in [-0.1, -0.05) is 19.9 Å². The molecule has 4 heteroatoms. The number of aromatic nitrogens is 2. The number of hydrogen-bond acceptors (Lipinski definition) is 4. The molecule has 0 radical (unpaired) electrons. The van der Waals surface area contributed by atoms with Crippen LogP contribution in [-0.2, 0) is 13.1 Å². The molecule has 2 aromatic rings. The van der Waals surface area contributed by atoms with Crippen LogP contribution in [-0.4, -0.2) is 23.1 Å². The van der Waals surface area contributed by atoms with Gasteiger partial charge in [0.15, 0.2) is 0 Å². The van der Waals surface area contributed by atoms with Crippen molar-refractivity contribution in [3.63, 3.8) is 0 Å². The molecule has 0 saturated heterocycles. The standard InChI is InChI=1S/C16H22N4/c1-13(2)19-11-14-10-17-9-7-16(14)20(3)12-15-6-4-5-8-18-15/h4-10,13,19H,11-12H2,1-3H3. The lowest BCUT2D eigenvalue weighted by Crippen LogP contribution is -2.25. The van der Waals surface area contributed by atoms with E-state index in [1.54, 1.807) is 0 Å². The molecule has 0 aliphatic carbocycles. The Morgan fingerprint density at radius 3 is 2.75 bits per heavy atom. The predicted octanol–water partition coefficient (Wildman–Crippen LogP) is 2.61. The van der Waals surface area contributed by atoms with Crippen LogP contribution in [0.15, 0.2) is 42.9 Å². The topological polar surface area (TPSA) is 41.1 Å². The largest absolute Gasteiger partial charge is 0.368 e. The van der Waals surface area contributed by atoms with Gasteiger partial charge in [-0.15, -0.1) is 0 Å². The highest BCUT2D eigenvalue weighted by Crippen LogP contribution is 2.19. The minimum absolute atomic E-state index is 0.462. The summed E-state index contributed by atoms with van der Waals surface area (Å²) in [6, 6.07) is 8.52. The van der Waals surface area contributed by atoms with E-state index in [4.69, 9.17) is 0 Å². The second-order valence-electron chi connectivity index (χ2n) is 5.22. The van der Waals surface area contributed by atoms with E-state index < -0.39 is 0 Å². The van der Waals surface area contributed by atoms with Crippen molar-refractivity contribution in [2.75, 3.05) is 11.9 Å². The van der Waals surface area contributed by atoms with Crippen LogP contribution in [0.4, 0.5) is 5.69 Å². The fraction of sp³-hybridized carbons (Fsp3) is 0.375. The molecule has 0 atom stereocenters. The van der Waals surface area contributed by atoms with Crippen molar-refractivity contribution in [3.05, 3.63) is 54.1 Å². The van der Waals surface area contributed by atoms with E-state index in [1.807, 2.05) is 36.8 Å². The van der Waals surface area contributed by atoms with Crippen molar-refractivity contribution < 1.29 is 0 Å². The summed E-state index contributed by atoms with van der Waals surface area (Å²) in [7, 11) is 2.09. The quantitative estimate of drug-likeness (QED) is 0.876. The van der Waals surface area contributed by atoms with E-state index in [0.717, 1.165) is 18.8 Å². The molecule has 2 rings (SSSR count). The van der Waals surface area contributed by atoms with Gasteiger partial charge in [0, 0.05) is 49.5 Å². The molecule has 4 nitrogen and oxygen atoms in total. The second kappa shape index (κ2) is 7.01. The van der Waals surface area contributed by atoms with Crippen molar-refractivity contribution in [3.8, 4) is 0 Å². The van der Waals surface area contributed by atoms with Gasteiger partial charge >= 0.3 is 0 Å². The molecule has 20 heavy (non-hydrogen) atoms. The summed E-state index contributed by atoms with van der Waals surface area (Å²) >= 11 is 0. The van der Waals surface area contributed by atoms with Crippen molar-refractivity contribution in [1.29, 1.82) is 0 Å². The molecular formula is C16H22N4. The number of nitrogens with one attached hydrogen (secondary N) is 1. The second-order valence-corrected chi connectivity index (χ2v) is 5.22. The minimum atomic E-state index is 0.462. The van der Waals surface area contributed by atoms with Crippen LogP contribution in [0.25, 0.3) is 0 Å². The molecule has 0 aliphatic heterocycles. The summed E-state index contributed by atoms with van der Waals surface area (Å²) in [4.78, 5) is 10.8. The fourth-order valence-electron chi connectivity index (χ4n) is 2.06. The third kappa shape index (κ3) is 4.03. The highest BCUT2D eigenvalue weighted by Gasteiger charge is 2.08. The molecule has 0 saturated carbocycles. The lowest BCUT2D eigenvalue weighted by atomic mass is 10.2. The first-order valence-electron chi connectivity index (χ1n) is 6.94. The molecular weight excluding hydrogens is 248 g/mol. The lowest BCUT2D eigenvalue weighted by molar-refractivity contribution is 0.587. The summed E-state index contributed by atoms with van der Waals surface area (Å²) in [5, 5.41) is 3.44. The third-order valence-corrected chi connectivity index (χ3v) is 3.12. The van der Waals surface area contributed by atoms with E-state index in [0.29, 0.717) is 6.04 Å². The predicted molar refractivity (Wildman–Crippen MR) is 82.6 cm³/mol. The van der Waals surface area contributed by atoms with Gasteiger partial charge in [0.25, 0.3) is 0 Å².